The molecule has 1 amide bonds. The van der Waals surface area contributed by atoms with Crippen LogP contribution in [0.15, 0.2) is 42.5 Å². The Labute approximate surface area is 166 Å². The van der Waals surface area contributed by atoms with Gasteiger partial charge in [0.15, 0.2) is 17.3 Å². The fraction of sp³-hybridized carbons (Fsp3) is 0.364. The van der Waals surface area contributed by atoms with E-state index in [0.717, 1.165) is 12.0 Å². The van der Waals surface area contributed by atoms with Gasteiger partial charge in [-0.2, -0.15) is 0 Å². The molecule has 2 rings (SSSR count). The van der Waals surface area contributed by atoms with Crippen LogP contribution in [0.1, 0.15) is 29.8 Å². The molecule has 0 bridgehead atoms. The van der Waals surface area contributed by atoms with Crippen molar-refractivity contribution in [3.05, 3.63) is 53.6 Å². The molecule has 0 saturated carbocycles. The first kappa shape index (κ1) is 21.4. The van der Waals surface area contributed by atoms with E-state index >= 15 is 0 Å². The average Bonchev–Trinajstić information content (AvgIpc) is 2.71. The van der Waals surface area contributed by atoms with E-state index in [1.807, 2.05) is 37.1 Å². The van der Waals surface area contributed by atoms with E-state index in [9.17, 15) is 9.59 Å². The van der Waals surface area contributed by atoms with Gasteiger partial charge >= 0.3 is 0 Å². The van der Waals surface area contributed by atoms with Crippen LogP contribution in [0, 0.1) is 0 Å². The molecular formula is C22H28N2O4. The Bertz CT molecular complexity index is 818. The second-order valence-corrected chi connectivity index (χ2v) is 6.72. The number of carbonyl (C=O) groups is 2. The van der Waals surface area contributed by atoms with Gasteiger partial charge < -0.3 is 14.8 Å². The Morgan fingerprint density at radius 1 is 1.04 bits per heavy atom. The molecule has 1 atom stereocenters. The smallest absolute Gasteiger partial charge is 0.241 e. The number of amides is 1. The zero-order valence-electron chi connectivity index (χ0n) is 17.1. The monoisotopic (exact) mass is 384 g/mol. The quantitative estimate of drug-likeness (QED) is 0.671. The predicted octanol–water partition coefficient (Wildman–Crippen LogP) is 3.41. The third-order valence-electron chi connectivity index (χ3n) is 4.80. The molecule has 0 spiro atoms. The number of rotatable bonds is 9. The van der Waals surface area contributed by atoms with Crippen LogP contribution in [0.5, 0.6) is 11.5 Å². The highest BCUT2D eigenvalue weighted by molar-refractivity contribution is 5.96. The summed E-state index contributed by atoms with van der Waals surface area (Å²) in [6, 6.07) is 12.4. The molecule has 0 fully saturated rings. The molecule has 0 radical (unpaired) electrons. The van der Waals surface area contributed by atoms with Gasteiger partial charge in [0.1, 0.15) is 0 Å². The van der Waals surface area contributed by atoms with E-state index < -0.39 is 0 Å². The van der Waals surface area contributed by atoms with Crippen LogP contribution in [0.3, 0.4) is 0 Å². The lowest BCUT2D eigenvalue weighted by Crippen LogP contribution is -2.40. The first-order chi connectivity index (χ1) is 13.3. The molecule has 28 heavy (non-hydrogen) atoms. The average molecular weight is 384 g/mol. The summed E-state index contributed by atoms with van der Waals surface area (Å²) in [7, 11) is 5.15. The Balaban J connectivity index is 1.91. The predicted molar refractivity (Wildman–Crippen MR) is 110 cm³/mol. The number of nitrogens with zero attached hydrogens (tertiary/aromatic N) is 1. The maximum absolute atomic E-state index is 12.5. The van der Waals surface area contributed by atoms with Crippen molar-refractivity contribution in [2.45, 2.75) is 26.3 Å². The summed E-state index contributed by atoms with van der Waals surface area (Å²) in [6.45, 7) is 4.10. The molecular weight excluding hydrogens is 356 g/mol. The summed E-state index contributed by atoms with van der Waals surface area (Å²) >= 11 is 0. The van der Waals surface area contributed by atoms with E-state index in [1.54, 1.807) is 38.5 Å². The summed E-state index contributed by atoms with van der Waals surface area (Å²) in [5.41, 5.74) is 2.41. The van der Waals surface area contributed by atoms with Gasteiger partial charge in [-0.1, -0.05) is 6.07 Å². The molecule has 2 aromatic rings. The molecule has 0 saturated heterocycles. The number of anilines is 1. The van der Waals surface area contributed by atoms with Gasteiger partial charge in [-0.3, -0.25) is 14.5 Å². The minimum atomic E-state index is -0.298. The number of carbonyl (C=O) groups excluding carboxylic acids is 2. The summed E-state index contributed by atoms with van der Waals surface area (Å²) in [4.78, 5) is 25.8. The minimum absolute atomic E-state index is 0.00106. The second kappa shape index (κ2) is 9.90. The van der Waals surface area contributed by atoms with Crippen LogP contribution in [0.25, 0.3) is 0 Å². The molecule has 1 N–H and O–H groups in total. The third kappa shape index (κ3) is 5.57. The summed E-state index contributed by atoms with van der Waals surface area (Å²) < 4.78 is 10.6. The number of nitrogens with one attached hydrogen (secondary N) is 1. The lowest BCUT2D eigenvalue weighted by atomic mass is 10.1. The number of hydrogen-bond acceptors (Lipinski definition) is 5. The van der Waals surface area contributed by atoms with Gasteiger partial charge in [0.25, 0.3) is 0 Å². The Hall–Kier alpha value is -2.86. The second-order valence-electron chi connectivity index (χ2n) is 6.72. The van der Waals surface area contributed by atoms with Gasteiger partial charge in [-0.05, 0) is 69.3 Å². The molecule has 0 unspecified atom stereocenters. The maximum atomic E-state index is 12.5. The van der Waals surface area contributed by atoms with Crippen LogP contribution in [-0.2, 0) is 11.2 Å². The maximum Gasteiger partial charge on any atom is 0.241 e. The van der Waals surface area contributed by atoms with E-state index in [-0.39, 0.29) is 17.7 Å². The zero-order chi connectivity index (χ0) is 20.7. The first-order valence-electron chi connectivity index (χ1n) is 9.18. The number of likely N-dealkylation sites (N-methyl/N-ethyl adjacent to an activating group) is 1. The van der Waals surface area contributed by atoms with Crippen molar-refractivity contribution in [2.24, 2.45) is 0 Å². The molecule has 0 aliphatic carbocycles. The van der Waals surface area contributed by atoms with E-state index in [2.05, 4.69) is 5.32 Å². The summed E-state index contributed by atoms with van der Waals surface area (Å²) in [5.74, 6) is 1.30. The fourth-order valence-corrected chi connectivity index (χ4v) is 2.77. The van der Waals surface area contributed by atoms with Gasteiger partial charge in [0.05, 0.1) is 20.3 Å². The molecule has 6 nitrogen and oxygen atoms in total. The van der Waals surface area contributed by atoms with Crippen LogP contribution in [0.4, 0.5) is 5.69 Å². The molecule has 150 valence electrons. The van der Waals surface area contributed by atoms with Crippen molar-refractivity contribution in [3.8, 4) is 11.5 Å². The standard InChI is InChI=1S/C22H28N2O4/c1-15(22(26)23-19-9-7-18(8-10-19)16(2)25)24(3)13-12-17-6-11-20(27-4)21(14-17)28-5/h6-11,14-15H,12-13H2,1-5H3,(H,23,26)/t15-/m0/s1. The Morgan fingerprint density at radius 3 is 2.25 bits per heavy atom. The molecule has 0 aliphatic heterocycles. The number of benzene rings is 2. The highest BCUT2D eigenvalue weighted by Crippen LogP contribution is 2.27. The van der Waals surface area contributed by atoms with E-state index in [0.29, 0.717) is 29.3 Å². The SMILES string of the molecule is COc1ccc(CCN(C)[C@@H](C)C(=O)Nc2ccc(C(C)=O)cc2)cc1OC. The highest BCUT2D eigenvalue weighted by atomic mass is 16.5. The molecule has 6 heteroatoms. The van der Waals surface area contributed by atoms with E-state index in [1.165, 1.54) is 6.92 Å². The first-order valence-corrected chi connectivity index (χ1v) is 9.18. The zero-order valence-corrected chi connectivity index (χ0v) is 17.1. The lowest BCUT2D eigenvalue weighted by molar-refractivity contribution is -0.120. The van der Waals surface area contributed by atoms with Crippen molar-refractivity contribution in [3.63, 3.8) is 0 Å². The van der Waals surface area contributed by atoms with Crippen LogP contribution in [-0.4, -0.2) is 50.4 Å². The van der Waals surface area contributed by atoms with Crippen molar-refractivity contribution >= 4 is 17.4 Å². The summed E-state index contributed by atoms with van der Waals surface area (Å²) in [6.07, 6.45) is 0.780. The van der Waals surface area contributed by atoms with Crippen molar-refractivity contribution < 1.29 is 19.1 Å². The largest absolute Gasteiger partial charge is 0.493 e. The molecule has 0 heterocycles. The van der Waals surface area contributed by atoms with Crippen molar-refractivity contribution in [1.82, 2.24) is 4.90 Å². The summed E-state index contributed by atoms with van der Waals surface area (Å²) in [5, 5.41) is 2.89. The number of hydrogen-bond donors (Lipinski definition) is 1. The van der Waals surface area contributed by atoms with Gasteiger partial charge in [-0.25, -0.2) is 0 Å². The van der Waals surface area contributed by atoms with Crippen LogP contribution >= 0.6 is 0 Å². The van der Waals surface area contributed by atoms with Crippen LogP contribution < -0.4 is 14.8 Å². The van der Waals surface area contributed by atoms with Gasteiger partial charge in [-0.15, -0.1) is 0 Å². The Kier molecular flexibility index (Phi) is 7.58. The normalized spacial score (nSPS) is 11.8. The Morgan fingerprint density at radius 2 is 1.68 bits per heavy atom. The van der Waals surface area contributed by atoms with E-state index in [4.69, 9.17) is 9.47 Å². The third-order valence-corrected chi connectivity index (χ3v) is 4.80. The van der Waals surface area contributed by atoms with Gasteiger partial charge in [0.2, 0.25) is 5.91 Å². The minimum Gasteiger partial charge on any atom is -0.493 e. The van der Waals surface area contributed by atoms with Gasteiger partial charge in [0, 0.05) is 17.8 Å². The number of ketones is 1. The highest BCUT2D eigenvalue weighted by Gasteiger charge is 2.18. The molecule has 0 aromatic heterocycles. The fourth-order valence-electron chi connectivity index (χ4n) is 2.77. The van der Waals surface area contributed by atoms with Crippen LogP contribution in [0.2, 0.25) is 0 Å². The lowest BCUT2D eigenvalue weighted by Gasteiger charge is -2.24. The number of Topliss-reactive ketones (excluding diaryl/α,β-unsaturated/α-hetero) is 1. The van der Waals surface area contributed by atoms with Crippen molar-refractivity contribution in [1.29, 1.82) is 0 Å². The topological polar surface area (TPSA) is 67.9 Å². The number of methoxy groups -OCH3 is 2. The van der Waals surface area contributed by atoms with Crippen molar-refractivity contribution in [2.75, 3.05) is 33.1 Å². The molecule has 2 aromatic carbocycles. The number of ether oxygens (including phenoxy) is 2. The molecule has 0 aliphatic rings.